The Hall–Kier alpha value is -0.130. The largest absolute Gasteiger partial charge is 0.265 e. The van der Waals surface area contributed by atoms with E-state index in [1.807, 2.05) is 11.2 Å². The molecule has 0 fully saturated rings. The van der Waals surface area contributed by atoms with Crippen molar-refractivity contribution in [2.75, 3.05) is 6.54 Å². The minimum absolute atomic E-state index is 0.809. The summed E-state index contributed by atoms with van der Waals surface area (Å²) in [6, 6.07) is 0. The molecule has 0 radical (unpaired) electrons. The third-order valence-corrected chi connectivity index (χ3v) is 2.48. The van der Waals surface area contributed by atoms with Crippen molar-refractivity contribution in [1.82, 2.24) is 10.4 Å². The molecular weight excluding hydrogens is 274 g/mol. The highest BCUT2D eigenvalue weighted by molar-refractivity contribution is 9.12. The summed E-state index contributed by atoms with van der Waals surface area (Å²) in [4.78, 5) is 4.21. The van der Waals surface area contributed by atoms with Gasteiger partial charge in [-0.2, -0.15) is 0 Å². The van der Waals surface area contributed by atoms with Crippen molar-refractivity contribution in [3.8, 4) is 0 Å². The summed E-state index contributed by atoms with van der Waals surface area (Å²) in [6.07, 6.45) is 3.72. The van der Waals surface area contributed by atoms with Crippen molar-refractivity contribution < 1.29 is 0 Å². The molecule has 0 aromatic heterocycles. The van der Waals surface area contributed by atoms with Gasteiger partial charge in [0.1, 0.15) is 0 Å². The maximum Gasteiger partial charge on any atom is 0.158 e. The second-order valence-electron chi connectivity index (χ2n) is 2.21. The number of hydrazine groups is 1. The number of nitrogens with one attached hydrogen (secondary N) is 1. The van der Waals surface area contributed by atoms with Gasteiger partial charge in [-0.1, -0.05) is 15.9 Å². The molecule has 0 spiro atoms. The van der Waals surface area contributed by atoms with Crippen LogP contribution in [-0.4, -0.2) is 17.8 Å². The quantitative estimate of drug-likeness (QED) is 0.730. The van der Waals surface area contributed by atoms with E-state index in [1.165, 1.54) is 0 Å². The Bertz CT molecular complexity index is 280. The van der Waals surface area contributed by atoms with Gasteiger partial charge < -0.3 is 0 Å². The van der Waals surface area contributed by atoms with Crippen LogP contribution in [0.25, 0.3) is 0 Å². The lowest BCUT2D eigenvalue weighted by molar-refractivity contribution is 0.383. The average Bonchev–Trinajstić information content (AvgIpc) is 2.32. The summed E-state index contributed by atoms with van der Waals surface area (Å²) < 4.78 is 2.06. The number of fused-ring (bicyclic) bond motifs is 1. The standard InChI is InChI=1S/C6H5Br2N3/c7-4-1-9-6-5(8)2-10-11(6)3-4/h1,3,10H,2H2. The molecule has 0 saturated heterocycles. The third-order valence-electron chi connectivity index (χ3n) is 1.44. The molecule has 0 aromatic carbocycles. The second-order valence-corrected chi connectivity index (χ2v) is 4.08. The molecule has 2 aliphatic heterocycles. The Morgan fingerprint density at radius 3 is 3.18 bits per heavy atom. The van der Waals surface area contributed by atoms with E-state index in [0.717, 1.165) is 21.3 Å². The Morgan fingerprint density at radius 1 is 1.55 bits per heavy atom. The first-order valence-corrected chi connectivity index (χ1v) is 4.69. The monoisotopic (exact) mass is 277 g/mol. The van der Waals surface area contributed by atoms with Crippen molar-refractivity contribution in [3.05, 3.63) is 21.0 Å². The Balaban J connectivity index is 2.37. The summed E-state index contributed by atoms with van der Waals surface area (Å²) >= 11 is 6.75. The van der Waals surface area contributed by atoms with Crippen molar-refractivity contribution >= 4 is 38.1 Å². The molecule has 0 aliphatic carbocycles. The van der Waals surface area contributed by atoms with Crippen LogP contribution >= 0.6 is 31.9 Å². The summed E-state index contributed by atoms with van der Waals surface area (Å²) in [5.41, 5.74) is 3.13. The van der Waals surface area contributed by atoms with E-state index >= 15 is 0 Å². The van der Waals surface area contributed by atoms with Gasteiger partial charge in [0.05, 0.1) is 15.5 Å². The van der Waals surface area contributed by atoms with Gasteiger partial charge in [-0.25, -0.2) is 10.4 Å². The van der Waals surface area contributed by atoms with Crippen molar-refractivity contribution in [3.63, 3.8) is 0 Å². The SMILES string of the molecule is BrC1=CN2NCC(Br)=C2N=C1. The van der Waals surface area contributed by atoms with Gasteiger partial charge in [0.15, 0.2) is 5.82 Å². The van der Waals surface area contributed by atoms with Crippen molar-refractivity contribution in [1.29, 1.82) is 0 Å². The first-order chi connectivity index (χ1) is 5.27. The lowest BCUT2D eigenvalue weighted by Crippen LogP contribution is -2.27. The zero-order valence-electron chi connectivity index (χ0n) is 5.51. The van der Waals surface area contributed by atoms with Gasteiger partial charge in [0, 0.05) is 12.4 Å². The number of rotatable bonds is 0. The van der Waals surface area contributed by atoms with E-state index < -0.39 is 0 Å². The highest BCUT2D eigenvalue weighted by atomic mass is 79.9. The molecule has 5 heteroatoms. The van der Waals surface area contributed by atoms with E-state index in [4.69, 9.17) is 0 Å². The Labute approximate surface area is 81.1 Å². The number of allylic oxidation sites excluding steroid dienone is 1. The number of nitrogens with zero attached hydrogens (tertiary/aromatic N) is 2. The topological polar surface area (TPSA) is 27.6 Å². The molecule has 0 atom stereocenters. The van der Waals surface area contributed by atoms with Crippen LogP contribution in [0.4, 0.5) is 0 Å². The molecule has 3 nitrogen and oxygen atoms in total. The maximum atomic E-state index is 4.21. The Morgan fingerprint density at radius 2 is 2.36 bits per heavy atom. The molecule has 1 N–H and O–H groups in total. The predicted octanol–water partition coefficient (Wildman–Crippen LogP) is 1.69. The summed E-state index contributed by atoms with van der Waals surface area (Å²) in [5, 5.41) is 1.88. The van der Waals surface area contributed by atoms with Crippen LogP contribution < -0.4 is 5.43 Å². The molecule has 2 aliphatic rings. The number of aliphatic imine (C=N–C) groups is 1. The van der Waals surface area contributed by atoms with Crippen LogP contribution in [0.1, 0.15) is 0 Å². The molecule has 58 valence electrons. The lowest BCUT2D eigenvalue weighted by Gasteiger charge is -2.17. The van der Waals surface area contributed by atoms with E-state index in [0.29, 0.717) is 0 Å². The molecule has 2 rings (SSSR count). The van der Waals surface area contributed by atoms with Gasteiger partial charge in [0.2, 0.25) is 0 Å². The maximum absolute atomic E-state index is 4.21. The smallest absolute Gasteiger partial charge is 0.158 e. The van der Waals surface area contributed by atoms with Crippen LogP contribution in [0.15, 0.2) is 26.0 Å². The first kappa shape index (κ1) is 7.52. The molecular formula is C6H5Br2N3. The fourth-order valence-corrected chi connectivity index (χ4v) is 1.68. The van der Waals surface area contributed by atoms with Crippen molar-refractivity contribution in [2.24, 2.45) is 4.99 Å². The number of hydrogen-bond donors (Lipinski definition) is 1. The van der Waals surface area contributed by atoms with Crippen LogP contribution in [0.5, 0.6) is 0 Å². The molecule has 0 amide bonds. The van der Waals surface area contributed by atoms with E-state index in [2.05, 4.69) is 42.3 Å². The predicted molar refractivity (Wildman–Crippen MR) is 51.3 cm³/mol. The third kappa shape index (κ3) is 1.28. The lowest BCUT2D eigenvalue weighted by atomic mass is 10.5. The van der Waals surface area contributed by atoms with Crippen LogP contribution in [-0.2, 0) is 0 Å². The highest BCUT2D eigenvalue weighted by Gasteiger charge is 2.20. The fourth-order valence-electron chi connectivity index (χ4n) is 0.958. The van der Waals surface area contributed by atoms with Gasteiger partial charge >= 0.3 is 0 Å². The number of hydrogen-bond acceptors (Lipinski definition) is 3. The molecule has 0 unspecified atom stereocenters. The number of halogens is 2. The van der Waals surface area contributed by atoms with Gasteiger partial charge in [0.25, 0.3) is 0 Å². The van der Waals surface area contributed by atoms with E-state index in [1.54, 1.807) is 6.21 Å². The normalized spacial score (nSPS) is 22.4. The van der Waals surface area contributed by atoms with E-state index in [9.17, 15) is 0 Å². The average molecular weight is 279 g/mol. The van der Waals surface area contributed by atoms with Crippen LogP contribution in [0.3, 0.4) is 0 Å². The summed E-state index contributed by atoms with van der Waals surface area (Å²) in [5.74, 6) is 0.938. The zero-order chi connectivity index (χ0) is 7.84. The van der Waals surface area contributed by atoms with Crippen molar-refractivity contribution in [2.45, 2.75) is 0 Å². The molecule has 11 heavy (non-hydrogen) atoms. The Kier molecular flexibility index (Phi) is 1.86. The minimum atomic E-state index is 0.809. The molecule has 0 bridgehead atoms. The van der Waals surface area contributed by atoms with Gasteiger partial charge in [-0.3, -0.25) is 5.01 Å². The fraction of sp³-hybridized carbons (Fsp3) is 0.167. The van der Waals surface area contributed by atoms with Crippen LogP contribution in [0.2, 0.25) is 0 Å². The summed E-state index contributed by atoms with van der Waals surface area (Å²) in [7, 11) is 0. The minimum Gasteiger partial charge on any atom is -0.265 e. The molecule has 0 aromatic rings. The second kappa shape index (κ2) is 2.73. The van der Waals surface area contributed by atoms with Gasteiger partial charge in [-0.05, 0) is 15.9 Å². The highest BCUT2D eigenvalue weighted by Crippen LogP contribution is 2.25. The summed E-state index contributed by atoms with van der Waals surface area (Å²) in [6.45, 7) is 0.809. The zero-order valence-corrected chi connectivity index (χ0v) is 8.68. The van der Waals surface area contributed by atoms with Gasteiger partial charge in [-0.15, -0.1) is 0 Å². The first-order valence-electron chi connectivity index (χ1n) is 3.10. The molecule has 0 saturated carbocycles. The van der Waals surface area contributed by atoms with Crippen LogP contribution in [0, 0.1) is 0 Å². The molecule has 2 heterocycles. The van der Waals surface area contributed by atoms with E-state index in [-0.39, 0.29) is 0 Å².